The standard InChI is InChI=1S/C13H26N2O/c1-11(2)14-8-13-4-3-6-15(13)9-12-5-7-16-10-12/h11-14H,3-10H2,1-2H3. The Labute approximate surface area is 99.5 Å². The Morgan fingerprint density at radius 2 is 2.25 bits per heavy atom. The van der Waals surface area contributed by atoms with Gasteiger partial charge in [-0.1, -0.05) is 13.8 Å². The lowest BCUT2D eigenvalue weighted by molar-refractivity contribution is 0.161. The quantitative estimate of drug-likeness (QED) is 0.768. The van der Waals surface area contributed by atoms with Gasteiger partial charge in [0.25, 0.3) is 0 Å². The van der Waals surface area contributed by atoms with Crippen molar-refractivity contribution in [2.45, 2.75) is 45.2 Å². The van der Waals surface area contributed by atoms with E-state index in [1.165, 1.54) is 32.4 Å². The fourth-order valence-electron chi connectivity index (χ4n) is 2.80. The zero-order valence-corrected chi connectivity index (χ0v) is 10.7. The maximum absolute atomic E-state index is 5.46. The molecular formula is C13H26N2O. The Bertz CT molecular complexity index is 202. The Morgan fingerprint density at radius 3 is 2.94 bits per heavy atom. The first-order valence-electron chi connectivity index (χ1n) is 6.81. The largest absolute Gasteiger partial charge is 0.381 e. The summed E-state index contributed by atoms with van der Waals surface area (Å²) in [5.74, 6) is 0.791. The molecule has 0 saturated carbocycles. The highest BCUT2D eigenvalue weighted by atomic mass is 16.5. The van der Waals surface area contributed by atoms with Crippen molar-refractivity contribution in [3.63, 3.8) is 0 Å². The van der Waals surface area contributed by atoms with Crippen LogP contribution in [-0.4, -0.2) is 49.8 Å². The van der Waals surface area contributed by atoms with Gasteiger partial charge in [0.05, 0.1) is 6.61 Å². The van der Waals surface area contributed by atoms with E-state index in [1.54, 1.807) is 0 Å². The van der Waals surface area contributed by atoms with Gasteiger partial charge in [-0.3, -0.25) is 4.90 Å². The van der Waals surface area contributed by atoms with Crippen molar-refractivity contribution in [1.82, 2.24) is 10.2 Å². The number of nitrogens with one attached hydrogen (secondary N) is 1. The van der Waals surface area contributed by atoms with Crippen LogP contribution in [0, 0.1) is 5.92 Å². The molecular weight excluding hydrogens is 200 g/mol. The van der Waals surface area contributed by atoms with Crippen LogP contribution in [0.1, 0.15) is 33.1 Å². The predicted octanol–water partition coefficient (Wildman–Crippen LogP) is 1.49. The van der Waals surface area contributed by atoms with Crippen molar-refractivity contribution in [2.24, 2.45) is 5.92 Å². The number of ether oxygens (including phenoxy) is 1. The van der Waals surface area contributed by atoms with E-state index < -0.39 is 0 Å². The highest BCUT2D eigenvalue weighted by Gasteiger charge is 2.27. The minimum absolute atomic E-state index is 0.609. The lowest BCUT2D eigenvalue weighted by atomic mass is 10.1. The maximum atomic E-state index is 5.46. The molecule has 0 spiro atoms. The molecule has 0 bridgehead atoms. The molecule has 2 heterocycles. The van der Waals surface area contributed by atoms with Crippen LogP contribution in [0.2, 0.25) is 0 Å². The number of rotatable bonds is 5. The normalized spacial score (nSPS) is 31.7. The molecule has 0 aliphatic carbocycles. The fourth-order valence-corrected chi connectivity index (χ4v) is 2.80. The van der Waals surface area contributed by atoms with Crippen LogP contribution in [0.4, 0.5) is 0 Å². The van der Waals surface area contributed by atoms with Crippen molar-refractivity contribution < 1.29 is 4.74 Å². The Morgan fingerprint density at radius 1 is 1.38 bits per heavy atom. The highest BCUT2D eigenvalue weighted by molar-refractivity contribution is 4.83. The lowest BCUT2D eigenvalue weighted by Crippen LogP contribution is -2.42. The molecule has 2 rings (SSSR count). The summed E-state index contributed by atoms with van der Waals surface area (Å²) >= 11 is 0. The first-order valence-corrected chi connectivity index (χ1v) is 6.81. The third kappa shape index (κ3) is 3.44. The third-order valence-electron chi connectivity index (χ3n) is 3.78. The van der Waals surface area contributed by atoms with Gasteiger partial charge in [-0.05, 0) is 31.7 Å². The molecule has 2 fully saturated rings. The molecule has 16 heavy (non-hydrogen) atoms. The topological polar surface area (TPSA) is 24.5 Å². The monoisotopic (exact) mass is 226 g/mol. The summed E-state index contributed by atoms with van der Waals surface area (Å²) in [7, 11) is 0. The molecule has 2 atom stereocenters. The number of hydrogen-bond acceptors (Lipinski definition) is 3. The van der Waals surface area contributed by atoms with E-state index in [-0.39, 0.29) is 0 Å². The van der Waals surface area contributed by atoms with E-state index in [2.05, 4.69) is 24.1 Å². The molecule has 0 radical (unpaired) electrons. The van der Waals surface area contributed by atoms with Crippen LogP contribution in [0.25, 0.3) is 0 Å². The van der Waals surface area contributed by atoms with Gasteiger partial charge < -0.3 is 10.1 Å². The van der Waals surface area contributed by atoms with Gasteiger partial charge in [-0.15, -0.1) is 0 Å². The van der Waals surface area contributed by atoms with E-state index in [4.69, 9.17) is 4.74 Å². The molecule has 2 unspecified atom stereocenters. The highest BCUT2D eigenvalue weighted by Crippen LogP contribution is 2.21. The van der Waals surface area contributed by atoms with Crippen molar-refractivity contribution in [2.75, 3.05) is 32.8 Å². The summed E-state index contributed by atoms with van der Waals surface area (Å²) in [4.78, 5) is 2.68. The summed E-state index contributed by atoms with van der Waals surface area (Å²) in [6.07, 6.45) is 4.01. The number of nitrogens with zero attached hydrogens (tertiary/aromatic N) is 1. The Hall–Kier alpha value is -0.120. The molecule has 3 nitrogen and oxygen atoms in total. The van der Waals surface area contributed by atoms with Crippen molar-refractivity contribution in [1.29, 1.82) is 0 Å². The lowest BCUT2D eigenvalue weighted by Gasteiger charge is -2.27. The second kappa shape index (κ2) is 5.99. The van der Waals surface area contributed by atoms with Gasteiger partial charge >= 0.3 is 0 Å². The predicted molar refractivity (Wildman–Crippen MR) is 66.7 cm³/mol. The Balaban J connectivity index is 1.73. The second-order valence-electron chi connectivity index (χ2n) is 5.58. The Kier molecular flexibility index (Phi) is 4.62. The van der Waals surface area contributed by atoms with Crippen LogP contribution in [-0.2, 0) is 4.74 Å². The first-order chi connectivity index (χ1) is 7.75. The molecule has 0 aromatic carbocycles. The smallest absolute Gasteiger partial charge is 0.0507 e. The number of hydrogen-bond donors (Lipinski definition) is 1. The maximum Gasteiger partial charge on any atom is 0.0507 e. The van der Waals surface area contributed by atoms with Gasteiger partial charge in [-0.2, -0.15) is 0 Å². The molecule has 94 valence electrons. The van der Waals surface area contributed by atoms with E-state index in [0.29, 0.717) is 6.04 Å². The molecule has 2 saturated heterocycles. The van der Waals surface area contributed by atoms with Gasteiger partial charge in [-0.25, -0.2) is 0 Å². The van der Waals surface area contributed by atoms with Crippen LogP contribution in [0.5, 0.6) is 0 Å². The summed E-state index contributed by atoms with van der Waals surface area (Å²) in [5.41, 5.74) is 0. The van der Waals surface area contributed by atoms with E-state index in [1.807, 2.05) is 0 Å². The van der Waals surface area contributed by atoms with Crippen molar-refractivity contribution in [3.8, 4) is 0 Å². The van der Waals surface area contributed by atoms with E-state index in [9.17, 15) is 0 Å². The van der Waals surface area contributed by atoms with Gasteiger partial charge in [0.2, 0.25) is 0 Å². The van der Waals surface area contributed by atoms with Gasteiger partial charge in [0.15, 0.2) is 0 Å². The number of likely N-dealkylation sites (tertiary alicyclic amines) is 1. The van der Waals surface area contributed by atoms with E-state index in [0.717, 1.165) is 31.7 Å². The third-order valence-corrected chi connectivity index (χ3v) is 3.78. The fraction of sp³-hybridized carbons (Fsp3) is 1.00. The summed E-state index contributed by atoms with van der Waals surface area (Å²) < 4.78 is 5.46. The van der Waals surface area contributed by atoms with Crippen LogP contribution in [0.15, 0.2) is 0 Å². The summed E-state index contributed by atoms with van der Waals surface area (Å²) in [5, 5.41) is 3.57. The summed E-state index contributed by atoms with van der Waals surface area (Å²) in [6.45, 7) is 10.1. The average molecular weight is 226 g/mol. The van der Waals surface area contributed by atoms with Crippen LogP contribution in [0.3, 0.4) is 0 Å². The molecule has 2 aliphatic heterocycles. The molecule has 3 heteroatoms. The SMILES string of the molecule is CC(C)NCC1CCCN1CC1CCOC1. The molecule has 0 amide bonds. The van der Waals surface area contributed by atoms with Crippen molar-refractivity contribution >= 4 is 0 Å². The molecule has 0 aromatic rings. The average Bonchev–Trinajstić information content (AvgIpc) is 2.87. The zero-order chi connectivity index (χ0) is 11.4. The second-order valence-corrected chi connectivity index (χ2v) is 5.58. The molecule has 1 N–H and O–H groups in total. The molecule has 0 aromatic heterocycles. The van der Waals surface area contributed by atoms with Gasteiger partial charge in [0.1, 0.15) is 0 Å². The van der Waals surface area contributed by atoms with Crippen LogP contribution >= 0.6 is 0 Å². The minimum Gasteiger partial charge on any atom is -0.381 e. The van der Waals surface area contributed by atoms with E-state index >= 15 is 0 Å². The zero-order valence-electron chi connectivity index (χ0n) is 10.7. The van der Waals surface area contributed by atoms with Gasteiger partial charge in [0, 0.05) is 31.8 Å². The minimum atomic E-state index is 0.609. The summed E-state index contributed by atoms with van der Waals surface area (Å²) in [6, 6.07) is 1.38. The molecule has 2 aliphatic rings. The first kappa shape index (κ1) is 12.3. The van der Waals surface area contributed by atoms with Crippen LogP contribution < -0.4 is 5.32 Å². The van der Waals surface area contributed by atoms with Crippen molar-refractivity contribution in [3.05, 3.63) is 0 Å².